The van der Waals surface area contributed by atoms with Crippen molar-refractivity contribution in [3.05, 3.63) is 59.7 Å². The lowest BCUT2D eigenvalue weighted by Crippen LogP contribution is -2.56. The molecule has 1 unspecified atom stereocenters. The van der Waals surface area contributed by atoms with E-state index in [4.69, 9.17) is 4.74 Å². The van der Waals surface area contributed by atoms with Gasteiger partial charge in [-0.05, 0) is 43.0 Å². The molecule has 8 heteroatoms. The van der Waals surface area contributed by atoms with Crippen LogP contribution in [0.1, 0.15) is 41.0 Å². The summed E-state index contributed by atoms with van der Waals surface area (Å²) in [5.74, 6) is 1.02. The SMILES string of the molecule is CC(NC(=O)C1CN(C(=O)c2cn3cccnc3n2)C1)c1ccc2c(c1)CCCO2. The lowest BCUT2D eigenvalue weighted by molar-refractivity contribution is -0.129. The lowest BCUT2D eigenvalue weighted by Gasteiger charge is -2.38. The van der Waals surface area contributed by atoms with Crippen LogP contribution >= 0.6 is 0 Å². The number of hydrogen-bond donors (Lipinski definition) is 1. The molecule has 1 fully saturated rings. The van der Waals surface area contributed by atoms with Gasteiger partial charge >= 0.3 is 0 Å². The van der Waals surface area contributed by atoms with Crippen LogP contribution in [0.4, 0.5) is 0 Å². The molecule has 154 valence electrons. The van der Waals surface area contributed by atoms with Crippen LogP contribution < -0.4 is 10.1 Å². The van der Waals surface area contributed by atoms with Gasteiger partial charge in [0.05, 0.1) is 18.6 Å². The van der Waals surface area contributed by atoms with Crippen molar-refractivity contribution in [1.29, 1.82) is 0 Å². The molecule has 2 aromatic heterocycles. The lowest BCUT2D eigenvalue weighted by atomic mass is 9.96. The van der Waals surface area contributed by atoms with Crippen molar-refractivity contribution >= 4 is 17.6 Å². The number of amides is 2. The third-order valence-corrected chi connectivity index (χ3v) is 5.79. The Morgan fingerprint density at radius 3 is 3.00 bits per heavy atom. The Morgan fingerprint density at radius 1 is 1.30 bits per heavy atom. The van der Waals surface area contributed by atoms with E-state index in [2.05, 4.69) is 21.4 Å². The van der Waals surface area contributed by atoms with Crippen molar-refractivity contribution in [3.8, 4) is 5.75 Å². The first-order valence-corrected chi connectivity index (χ1v) is 10.2. The summed E-state index contributed by atoms with van der Waals surface area (Å²) >= 11 is 0. The summed E-state index contributed by atoms with van der Waals surface area (Å²) in [5, 5.41) is 3.08. The molecule has 0 radical (unpaired) electrons. The number of rotatable bonds is 4. The van der Waals surface area contributed by atoms with Crippen LogP contribution in [0, 0.1) is 5.92 Å². The number of likely N-dealkylation sites (tertiary alicyclic amines) is 1. The molecular formula is C22H23N5O3. The molecule has 0 bridgehead atoms. The predicted molar refractivity (Wildman–Crippen MR) is 109 cm³/mol. The van der Waals surface area contributed by atoms with Crippen LogP contribution in [0.15, 0.2) is 42.9 Å². The molecule has 1 atom stereocenters. The van der Waals surface area contributed by atoms with E-state index in [1.807, 2.05) is 19.1 Å². The zero-order valence-electron chi connectivity index (χ0n) is 16.7. The molecule has 3 aromatic rings. The fourth-order valence-electron chi connectivity index (χ4n) is 3.97. The number of carbonyl (C=O) groups excluding carboxylic acids is 2. The van der Waals surface area contributed by atoms with Crippen LogP contribution in [-0.2, 0) is 11.2 Å². The summed E-state index contributed by atoms with van der Waals surface area (Å²) in [6.45, 7) is 3.54. The highest BCUT2D eigenvalue weighted by atomic mass is 16.5. The third kappa shape index (κ3) is 3.38. The molecule has 1 saturated heterocycles. The monoisotopic (exact) mass is 405 g/mol. The molecule has 0 spiro atoms. The van der Waals surface area contributed by atoms with Crippen molar-refractivity contribution in [2.24, 2.45) is 5.92 Å². The minimum absolute atomic E-state index is 0.0304. The minimum Gasteiger partial charge on any atom is -0.493 e. The number of fused-ring (bicyclic) bond motifs is 2. The number of ether oxygens (including phenoxy) is 1. The fourth-order valence-corrected chi connectivity index (χ4v) is 3.97. The van der Waals surface area contributed by atoms with Crippen LogP contribution in [-0.4, -0.2) is 50.8 Å². The number of benzene rings is 1. The zero-order valence-corrected chi connectivity index (χ0v) is 16.7. The largest absolute Gasteiger partial charge is 0.493 e. The number of imidazole rings is 1. The fraction of sp³-hybridized carbons (Fsp3) is 0.364. The van der Waals surface area contributed by atoms with E-state index in [-0.39, 0.29) is 23.8 Å². The summed E-state index contributed by atoms with van der Waals surface area (Å²) in [4.78, 5) is 35.3. The van der Waals surface area contributed by atoms with Crippen molar-refractivity contribution < 1.29 is 14.3 Å². The topological polar surface area (TPSA) is 88.8 Å². The van der Waals surface area contributed by atoms with Gasteiger partial charge in [-0.1, -0.05) is 12.1 Å². The second kappa shape index (κ2) is 7.44. The van der Waals surface area contributed by atoms with E-state index in [0.29, 0.717) is 24.6 Å². The maximum absolute atomic E-state index is 12.6. The van der Waals surface area contributed by atoms with E-state index < -0.39 is 0 Å². The average Bonchev–Trinajstić information content (AvgIpc) is 3.16. The van der Waals surface area contributed by atoms with Gasteiger partial charge in [0.2, 0.25) is 11.7 Å². The number of aryl methyl sites for hydroxylation is 1. The van der Waals surface area contributed by atoms with E-state index in [1.165, 1.54) is 5.56 Å². The smallest absolute Gasteiger partial charge is 0.274 e. The Labute approximate surface area is 173 Å². The summed E-state index contributed by atoms with van der Waals surface area (Å²) in [6, 6.07) is 7.79. The maximum atomic E-state index is 12.6. The first-order chi connectivity index (χ1) is 14.6. The second-order valence-electron chi connectivity index (χ2n) is 7.91. The molecule has 0 aliphatic carbocycles. The van der Waals surface area contributed by atoms with Gasteiger partial charge in [0, 0.05) is 31.7 Å². The number of nitrogens with one attached hydrogen (secondary N) is 1. The third-order valence-electron chi connectivity index (χ3n) is 5.79. The average molecular weight is 405 g/mol. The van der Waals surface area contributed by atoms with Gasteiger partial charge in [0.1, 0.15) is 11.4 Å². The first-order valence-electron chi connectivity index (χ1n) is 10.2. The van der Waals surface area contributed by atoms with Gasteiger partial charge < -0.3 is 15.0 Å². The van der Waals surface area contributed by atoms with Gasteiger partial charge in [0.15, 0.2) is 0 Å². The molecule has 5 rings (SSSR count). The van der Waals surface area contributed by atoms with E-state index in [0.717, 1.165) is 30.8 Å². The van der Waals surface area contributed by atoms with Crippen LogP contribution in [0.25, 0.3) is 5.78 Å². The highest BCUT2D eigenvalue weighted by Gasteiger charge is 2.37. The molecule has 2 amide bonds. The van der Waals surface area contributed by atoms with Gasteiger partial charge in [-0.15, -0.1) is 0 Å². The Hall–Kier alpha value is -3.42. The molecule has 2 aliphatic rings. The molecule has 8 nitrogen and oxygen atoms in total. The van der Waals surface area contributed by atoms with Gasteiger partial charge in [-0.3, -0.25) is 14.0 Å². The maximum Gasteiger partial charge on any atom is 0.274 e. The van der Waals surface area contributed by atoms with Gasteiger partial charge in [0.25, 0.3) is 5.91 Å². The van der Waals surface area contributed by atoms with E-state index in [9.17, 15) is 9.59 Å². The number of aromatic nitrogens is 3. The number of carbonyl (C=O) groups is 2. The molecule has 2 aliphatic heterocycles. The molecule has 1 N–H and O–H groups in total. The predicted octanol–water partition coefficient (Wildman–Crippen LogP) is 2.00. The van der Waals surface area contributed by atoms with Gasteiger partial charge in [-0.2, -0.15) is 0 Å². The van der Waals surface area contributed by atoms with Crippen LogP contribution in [0.5, 0.6) is 5.75 Å². The standard InChI is InChI=1S/C22H23N5O3/c1-14(15-5-6-19-16(10-15)4-2-9-30-19)24-20(28)17-11-27(12-17)21(29)18-13-26-8-3-7-23-22(26)25-18/h3,5-8,10,13-14,17H,2,4,9,11-12H2,1H3,(H,24,28). The van der Waals surface area contributed by atoms with E-state index >= 15 is 0 Å². The normalized spacial score (nSPS) is 17.0. The molecule has 4 heterocycles. The van der Waals surface area contributed by atoms with Crippen LogP contribution in [0.2, 0.25) is 0 Å². The molecular weight excluding hydrogens is 382 g/mol. The number of nitrogens with zero attached hydrogens (tertiary/aromatic N) is 4. The van der Waals surface area contributed by atoms with Crippen molar-refractivity contribution in [2.45, 2.75) is 25.8 Å². The number of hydrogen-bond acceptors (Lipinski definition) is 5. The summed E-state index contributed by atoms with van der Waals surface area (Å²) in [5.41, 5.74) is 2.61. The summed E-state index contributed by atoms with van der Waals surface area (Å²) in [7, 11) is 0. The summed E-state index contributed by atoms with van der Waals surface area (Å²) < 4.78 is 7.37. The highest BCUT2D eigenvalue weighted by molar-refractivity contribution is 5.94. The summed E-state index contributed by atoms with van der Waals surface area (Å²) in [6.07, 6.45) is 7.12. The molecule has 0 saturated carbocycles. The van der Waals surface area contributed by atoms with Gasteiger partial charge in [-0.25, -0.2) is 9.97 Å². The molecule has 1 aromatic carbocycles. The quantitative estimate of drug-likeness (QED) is 0.717. The van der Waals surface area contributed by atoms with E-state index in [1.54, 1.807) is 34.0 Å². The van der Waals surface area contributed by atoms with Crippen molar-refractivity contribution in [3.63, 3.8) is 0 Å². The highest BCUT2D eigenvalue weighted by Crippen LogP contribution is 2.28. The van der Waals surface area contributed by atoms with Crippen molar-refractivity contribution in [2.75, 3.05) is 19.7 Å². The Bertz CT molecular complexity index is 1090. The Kier molecular flexibility index (Phi) is 4.61. The second-order valence-corrected chi connectivity index (χ2v) is 7.91. The van der Waals surface area contributed by atoms with Crippen LogP contribution in [0.3, 0.4) is 0 Å². The minimum atomic E-state index is -0.201. The molecule has 30 heavy (non-hydrogen) atoms. The zero-order chi connectivity index (χ0) is 20.7. The Morgan fingerprint density at radius 2 is 2.17 bits per heavy atom. The van der Waals surface area contributed by atoms with Crippen molar-refractivity contribution in [1.82, 2.24) is 24.6 Å². The Balaban J connectivity index is 1.18. The first kappa shape index (κ1) is 18.6.